The second-order valence-electron chi connectivity index (χ2n) is 2.51. The Bertz CT molecular complexity index is 483. The van der Waals surface area contributed by atoms with Crippen molar-refractivity contribution in [3.05, 3.63) is 26.2 Å². The van der Waals surface area contributed by atoms with Gasteiger partial charge in [-0.25, -0.2) is 14.2 Å². The number of nitrogens with one attached hydrogen (secondary N) is 1. The summed E-state index contributed by atoms with van der Waals surface area (Å²) in [4.78, 5) is 25.2. The minimum Gasteiger partial charge on any atom is -0.351 e. The number of imide groups is 1. The summed E-state index contributed by atoms with van der Waals surface area (Å²) in [7, 11) is 0. The molecule has 1 heterocycles. The monoisotopic (exact) mass is 329 g/mol. The highest BCUT2D eigenvalue weighted by Crippen LogP contribution is 2.30. The van der Waals surface area contributed by atoms with Gasteiger partial charge in [-0.3, -0.25) is 10.1 Å². The van der Waals surface area contributed by atoms with E-state index in [1.165, 1.54) is 0 Å². The van der Waals surface area contributed by atoms with Crippen LogP contribution in [0.1, 0.15) is 10.4 Å². The fourth-order valence-electron chi connectivity index (χ4n) is 0.850. The number of urea groups is 1. The topological polar surface area (TPSA) is 85.1 Å². The molecular formula is C7H3BrCl2FN3O2. The third kappa shape index (κ3) is 2.60. The van der Waals surface area contributed by atoms with E-state index < -0.39 is 22.9 Å². The van der Waals surface area contributed by atoms with Crippen LogP contribution in [0.15, 0.2) is 4.47 Å². The number of rotatable bonds is 1. The standard InChI is InChI=1S/C7H3BrCl2FN3O2/c8-2-1(6(15)14-7(12)16)4(9)13-5(10)3(2)11/h(H3,12,14,15,16). The summed E-state index contributed by atoms with van der Waals surface area (Å²) in [6.07, 6.45) is 0. The van der Waals surface area contributed by atoms with E-state index in [0.717, 1.165) is 0 Å². The summed E-state index contributed by atoms with van der Waals surface area (Å²) >= 11 is 13.7. The molecule has 1 rings (SSSR count). The lowest BCUT2D eigenvalue weighted by Gasteiger charge is -2.07. The van der Waals surface area contributed by atoms with E-state index in [2.05, 4.69) is 20.9 Å². The van der Waals surface area contributed by atoms with Crippen LogP contribution in [-0.2, 0) is 0 Å². The smallest absolute Gasteiger partial charge is 0.319 e. The summed E-state index contributed by atoms with van der Waals surface area (Å²) < 4.78 is 13.0. The maximum absolute atomic E-state index is 13.3. The van der Waals surface area contributed by atoms with Crippen molar-refractivity contribution in [2.75, 3.05) is 0 Å². The van der Waals surface area contributed by atoms with Crippen molar-refractivity contribution in [3.63, 3.8) is 0 Å². The van der Waals surface area contributed by atoms with Crippen molar-refractivity contribution < 1.29 is 14.0 Å². The molecule has 3 amide bonds. The van der Waals surface area contributed by atoms with E-state index in [1.807, 2.05) is 0 Å². The number of nitrogens with zero attached hydrogens (tertiary/aromatic N) is 1. The summed E-state index contributed by atoms with van der Waals surface area (Å²) in [5.74, 6) is -1.94. The summed E-state index contributed by atoms with van der Waals surface area (Å²) in [5.41, 5.74) is 4.37. The molecule has 0 saturated heterocycles. The van der Waals surface area contributed by atoms with Gasteiger partial charge in [-0.2, -0.15) is 0 Å². The van der Waals surface area contributed by atoms with Crippen LogP contribution >= 0.6 is 39.1 Å². The predicted molar refractivity (Wildman–Crippen MR) is 59.0 cm³/mol. The number of primary amides is 1. The average molecular weight is 331 g/mol. The van der Waals surface area contributed by atoms with E-state index in [-0.39, 0.29) is 15.2 Å². The Kier molecular flexibility index (Phi) is 4.06. The Morgan fingerprint density at radius 3 is 2.44 bits per heavy atom. The van der Waals surface area contributed by atoms with E-state index >= 15 is 0 Å². The second kappa shape index (κ2) is 4.94. The fraction of sp³-hybridized carbons (Fsp3) is 0. The van der Waals surface area contributed by atoms with Gasteiger partial charge in [0.05, 0.1) is 10.0 Å². The normalized spacial score (nSPS) is 10.0. The van der Waals surface area contributed by atoms with Crippen molar-refractivity contribution in [1.82, 2.24) is 10.3 Å². The van der Waals surface area contributed by atoms with Crippen LogP contribution in [0.2, 0.25) is 10.3 Å². The molecule has 1 aromatic rings. The zero-order valence-electron chi connectivity index (χ0n) is 7.35. The molecule has 1 aromatic heterocycles. The SMILES string of the molecule is NC(=O)NC(=O)c1c(Cl)nc(Cl)c(F)c1Br. The van der Waals surface area contributed by atoms with Crippen molar-refractivity contribution in [3.8, 4) is 0 Å². The predicted octanol–water partition coefficient (Wildman–Crippen LogP) is 2.10. The molecule has 0 aromatic carbocycles. The van der Waals surface area contributed by atoms with Crippen molar-refractivity contribution in [2.24, 2.45) is 5.73 Å². The second-order valence-corrected chi connectivity index (χ2v) is 4.02. The van der Waals surface area contributed by atoms with Crippen molar-refractivity contribution >= 4 is 51.1 Å². The molecule has 0 fully saturated rings. The molecular weight excluding hydrogens is 328 g/mol. The van der Waals surface area contributed by atoms with Crippen molar-refractivity contribution in [1.29, 1.82) is 0 Å². The summed E-state index contributed by atoms with van der Waals surface area (Å²) in [5, 5.41) is 0.880. The molecule has 9 heteroatoms. The van der Waals surface area contributed by atoms with Crippen LogP contribution in [0, 0.1) is 5.82 Å². The fourth-order valence-corrected chi connectivity index (χ4v) is 2.12. The summed E-state index contributed by atoms with van der Waals surface area (Å²) in [6.45, 7) is 0. The maximum atomic E-state index is 13.3. The van der Waals surface area contributed by atoms with Crippen LogP contribution in [0.4, 0.5) is 9.18 Å². The third-order valence-corrected chi connectivity index (χ3v) is 2.73. The average Bonchev–Trinajstić information content (AvgIpc) is 2.13. The van der Waals surface area contributed by atoms with Gasteiger partial charge in [0.2, 0.25) is 0 Å². The van der Waals surface area contributed by atoms with Crippen LogP contribution < -0.4 is 11.1 Å². The number of amides is 3. The largest absolute Gasteiger partial charge is 0.351 e. The number of hydrogen-bond acceptors (Lipinski definition) is 3. The zero-order valence-corrected chi connectivity index (χ0v) is 10.5. The van der Waals surface area contributed by atoms with Gasteiger partial charge in [-0.1, -0.05) is 23.2 Å². The summed E-state index contributed by atoms with van der Waals surface area (Å²) in [6, 6.07) is -1.09. The molecule has 0 radical (unpaired) electrons. The molecule has 0 atom stereocenters. The quantitative estimate of drug-likeness (QED) is 0.773. The molecule has 0 aliphatic rings. The first-order valence-electron chi connectivity index (χ1n) is 3.65. The van der Waals surface area contributed by atoms with E-state index in [4.69, 9.17) is 28.9 Å². The Morgan fingerprint density at radius 2 is 1.94 bits per heavy atom. The number of aromatic nitrogens is 1. The Morgan fingerprint density at radius 1 is 1.38 bits per heavy atom. The number of carbonyl (C=O) groups excluding carboxylic acids is 2. The number of hydrogen-bond donors (Lipinski definition) is 2. The molecule has 0 spiro atoms. The number of carbonyl (C=O) groups is 2. The minimum atomic E-state index is -1.09. The van der Waals surface area contributed by atoms with Gasteiger partial charge in [-0.05, 0) is 15.9 Å². The first-order chi connectivity index (χ1) is 7.34. The molecule has 0 saturated carbocycles. The first-order valence-corrected chi connectivity index (χ1v) is 5.20. The highest BCUT2D eigenvalue weighted by molar-refractivity contribution is 9.10. The maximum Gasteiger partial charge on any atom is 0.319 e. The Labute approximate surface area is 107 Å². The lowest BCUT2D eigenvalue weighted by atomic mass is 10.2. The molecule has 0 bridgehead atoms. The minimum absolute atomic E-state index is 0.295. The van der Waals surface area contributed by atoms with E-state index in [1.54, 1.807) is 5.32 Å². The Hall–Kier alpha value is -0.920. The lowest BCUT2D eigenvalue weighted by Crippen LogP contribution is -2.35. The van der Waals surface area contributed by atoms with E-state index in [0.29, 0.717) is 0 Å². The van der Waals surface area contributed by atoms with Crippen molar-refractivity contribution in [2.45, 2.75) is 0 Å². The zero-order chi connectivity index (χ0) is 12.5. The first kappa shape index (κ1) is 13.1. The number of pyridine rings is 1. The molecule has 16 heavy (non-hydrogen) atoms. The van der Waals surface area contributed by atoms with Gasteiger partial charge in [0.15, 0.2) is 11.0 Å². The lowest BCUT2D eigenvalue weighted by molar-refractivity contribution is 0.0964. The van der Waals surface area contributed by atoms with Gasteiger partial charge in [0.25, 0.3) is 5.91 Å². The number of halogens is 4. The molecule has 5 nitrogen and oxygen atoms in total. The molecule has 0 unspecified atom stereocenters. The molecule has 3 N–H and O–H groups in total. The van der Waals surface area contributed by atoms with Crippen LogP contribution in [0.5, 0.6) is 0 Å². The number of nitrogens with two attached hydrogens (primary N) is 1. The third-order valence-electron chi connectivity index (χ3n) is 1.46. The Balaban J connectivity index is 3.29. The molecule has 0 aliphatic heterocycles. The molecule has 86 valence electrons. The highest BCUT2D eigenvalue weighted by Gasteiger charge is 2.22. The van der Waals surface area contributed by atoms with Gasteiger partial charge >= 0.3 is 6.03 Å². The van der Waals surface area contributed by atoms with Gasteiger partial charge in [0.1, 0.15) is 5.15 Å². The van der Waals surface area contributed by atoms with Gasteiger partial charge in [0, 0.05) is 0 Å². The van der Waals surface area contributed by atoms with Gasteiger partial charge in [-0.15, -0.1) is 0 Å². The van der Waals surface area contributed by atoms with Gasteiger partial charge < -0.3 is 5.73 Å². The molecule has 0 aliphatic carbocycles. The highest BCUT2D eigenvalue weighted by atomic mass is 79.9. The van der Waals surface area contributed by atoms with Crippen LogP contribution in [0.3, 0.4) is 0 Å². The van der Waals surface area contributed by atoms with Crippen LogP contribution in [0.25, 0.3) is 0 Å². The van der Waals surface area contributed by atoms with Crippen LogP contribution in [-0.4, -0.2) is 16.9 Å². The van der Waals surface area contributed by atoms with E-state index in [9.17, 15) is 14.0 Å².